The molecule has 1 aromatic heterocycles. The van der Waals surface area contributed by atoms with Crippen LogP contribution in [0.3, 0.4) is 0 Å². The Bertz CT molecular complexity index is 396. The van der Waals surface area contributed by atoms with E-state index in [0.717, 1.165) is 16.7 Å². The lowest BCUT2D eigenvalue weighted by Gasteiger charge is -2.00. The SMILES string of the molecule is NNCNc1coc2ccccc12. The summed E-state index contributed by atoms with van der Waals surface area (Å²) in [4.78, 5) is 0. The van der Waals surface area contributed by atoms with Gasteiger partial charge in [0.2, 0.25) is 0 Å². The molecule has 13 heavy (non-hydrogen) atoms. The fourth-order valence-corrected chi connectivity index (χ4v) is 1.26. The number of fused-ring (bicyclic) bond motifs is 1. The highest BCUT2D eigenvalue weighted by molar-refractivity contribution is 5.90. The van der Waals surface area contributed by atoms with Gasteiger partial charge in [-0.1, -0.05) is 12.1 Å². The van der Waals surface area contributed by atoms with Gasteiger partial charge >= 0.3 is 0 Å². The van der Waals surface area contributed by atoms with Crippen LogP contribution in [0.15, 0.2) is 34.9 Å². The number of furan rings is 1. The molecule has 0 saturated carbocycles. The second kappa shape index (κ2) is 3.47. The summed E-state index contributed by atoms with van der Waals surface area (Å²) in [5, 5.41) is 4.15. The van der Waals surface area contributed by atoms with Crippen molar-refractivity contribution in [2.45, 2.75) is 0 Å². The van der Waals surface area contributed by atoms with E-state index in [9.17, 15) is 0 Å². The number of nitrogens with two attached hydrogens (primary N) is 1. The molecule has 2 rings (SSSR count). The normalized spacial score (nSPS) is 10.5. The average Bonchev–Trinajstić information content (AvgIpc) is 2.58. The molecule has 4 N–H and O–H groups in total. The summed E-state index contributed by atoms with van der Waals surface area (Å²) in [5.41, 5.74) is 4.35. The predicted molar refractivity (Wildman–Crippen MR) is 52.0 cm³/mol. The predicted octanol–water partition coefficient (Wildman–Crippen LogP) is 1.27. The first-order valence-corrected chi connectivity index (χ1v) is 4.05. The Morgan fingerprint density at radius 2 is 2.15 bits per heavy atom. The number of anilines is 1. The van der Waals surface area contributed by atoms with E-state index in [4.69, 9.17) is 10.3 Å². The molecule has 4 heteroatoms. The number of benzene rings is 1. The molecule has 0 radical (unpaired) electrons. The maximum Gasteiger partial charge on any atom is 0.136 e. The van der Waals surface area contributed by atoms with E-state index >= 15 is 0 Å². The molecule has 1 aromatic carbocycles. The molecule has 0 atom stereocenters. The molecular formula is C9H11N3O. The molecule has 4 nitrogen and oxygen atoms in total. The number of hydrazine groups is 1. The van der Waals surface area contributed by atoms with Crippen molar-refractivity contribution in [1.82, 2.24) is 5.43 Å². The van der Waals surface area contributed by atoms with Crippen molar-refractivity contribution in [3.05, 3.63) is 30.5 Å². The van der Waals surface area contributed by atoms with E-state index in [-0.39, 0.29) is 0 Å². The quantitative estimate of drug-likeness (QED) is 0.375. The molecule has 0 bridgehead atoms. The summed E-state index contributed by atoms with van der Waals surface area (Å²) in [5.74, 6) is 5.15. The summed E-state index contributed by atoms with van der Waals surface area (Å²) in [7, 11) is 0. The van der Waals surface area contributed by atoms with Crippen LogP contribution in [0.5, 0.6) is 0 Å². The Kier molecular flexibility index (Phi) is 2.16. The van der Waals surface area contributed by atoms with E-state index < -0.39 is 0 Å². The second-order valence-corrected chi connectivity index (χ2v) is 2.70. The van der Waals surface area contributed by atoms with Crippen LogP contribution >= 0.6 is 0 Å². The molecule has 0 aliphatic heterocycles. The third kappa shape index (κ3) is 1.49. The Balaban J connectivity index is 2.35. The first kappa shape index (κ1) is 8.10. The van der Waals surface area contributed by atoms with E-state index in [1.165, 1.54) is 0 Å². The molecule has 0 fully saturated rings. The zero-order valence-corrected chi connectivity index (χ0v) is 7.08. The zero-order chi connectivity index (χ0) is 9.10. The standard InChI is InChI=1S/C9H11N3O/c10-12-6-11-8-5-13-9-4-2-1-3-7(8)9/h1-5,11-12H,6,10H2. The van der Waals surface area contributed by atoms with Crippen molar-refractivity contribution in [2.24, 2.45) is 5.84 Å². The van der Waals surface area contributed by atoms with E-state index in [2.05, 4.69) is 10.7 Å². The van der Waals surface area contributed by atoms with Gasteiger partial charge in [-0.25, -0.2) is 5.43 Å². The molecule has 0 spiro atoms. The molecule has 0 aliphatic carbocycles. The zero-order valence-electron chi connectivity index (χ0n) is 7.08. The van der Waals surface area contributed by atoms with Gasteiger partial charge in [-0.3, -0.25) is 5.84 Å². The van der Waals surface area contributed by atoms with Gasteiger partial charge in [-0.05, 0) is 12.1 Å². The van der Waals surface area contributed by atoms with E-state index in [1.807, 2.05) is 24.3 Å². The van der Waals surface area contributed by atoms with Crippen LogP contribution < -0.4 is 16.6 Å². The van der Waals surface area contributed by atoms with Crippen LogP contribution in [0, 0.1) is 0 Å². The molecule has 2 aromatic rings. The molecule has 0 saturated heterocycles. The Morgan fingerprint density at radius 1 is 1.31 bits per heavy atom. The van der Waals surface area contributed by atoms with Crippen molar-refractivity contribution in [3.8, 4) is 0 Å². The smallest absolute Gasteiger partial charge is 0.136 e. The molecular weight excluding hydrogens is 166 g/mol. The van der Waals surface area contributed by atoms with Crippen molar-refractivity contribution in [2.75, 3.05) is 12.0 Å². The third-order valence-electron chi connectivity index (χ3n) is 1.86. The first-order valence-electron chi connectivity index (χ1n) is 4.05. The lowest BCUT2D eigenvalue weighted by atomic mass is 10.2. The monoisotopic (exact) mass is 177 g/mol. The van der Waals surface area contributed by atoms with Gasteiger partial charge in [0.15, 0.2) is 0 Å². The maximum atomic E-state index is 5.31. The van der Waals surface area contributed by atoms with Crippen molar-refractivity contribution in [3.63, 3.8) is 0 Å². The highest BCUT2D eigenvalue weighted by Gasteiger charge is 2.02. The van der Waals surface area contributed by atoms with Gasteiger partial charge in [-0.15, -0.1) is 0 Å². The van der Waals surface area contributed by atoms with Crippen LogP contribution in [0.4, 0.5) is 5.69 Å². The highest BCUT2D eigenvalue weighted by Crippen LogP contribution is 2.24. The van der Waals surface area contributed by atoms with Crippen molar-refractivity contribution < 1.29 is 4.42 Å². The molecule has 0 amide bonds. The van der Waals surface area contributed by atoms with Crippen LogP contribution in [0.1, 0.15) is 0 Å². The summed E-state index contributed by atoms with van der Waals surface area (Å²) >= 11 is 0. The fourth-order valence-electron chi connectivity index (χ4n) is 1.26. The van der Waals surface area contributed by atoms with E-state index in [1.54, 1.807) is 6.26 Å². The van der Waals surface area contributed by atoms with Gasteiger partial charge in [-0.2, -0.15) is 0 Å². The molecule has 0 unspecified atom stereocenters. The van der Waals surface area contributed by atoms with Gasteiger partial charge in [0.25, 0.3) is 0 Å². The lowest BCUT2D eigenvalue weighted by Crippen LogP contribution is -2.28. The average molecular weight is 177 g/mol. The van der Waals surface area contributed by atoms with Crippen LogP contribution in [-0.2, 0) is 0 Å². The van der Waals surface area contributed by atoms with Crippen molar-refractivity contribution in [1.29, 1.82) is 0 Å². The van der Waals surface area contributed by atoms with Gasteiger partial charge in [0.1, 0.15) is 11.8 Å². The minimum Gasteiger partial charge on any atom is -0.462 e. The summed E-state index contributed by atoms with van der Waals surface area (Å²) < 4.78 is 5.31. The van der Waals surface area contributed by atoms with Crippen LogP contribution in [0.2, 0.25) is 0 Å². The number of rotatable bonds is 3. The first-order chi connectivity index (χ1) is 6.42. The molecule has 0 aliphatic rings. The number of para-hydroxylation sites is 1. The Morgan fingerprint density at radius 3 is 3.00 bits per heavy atom. The fraction of sp³-hybridized carbons (Fsp3) is 0.111. The van der Waals surface area contributed by atoms with Gasteiger partial charge in [0, 0.05) is 5.39 Å². The Hall–Kier alpha value is -1.52. The van der Waals surface area contributed by atoms with Crippen molar-refractivity contribution >= 4 is 16.7 Å². The Labute approximate surface area is 75.7 Å². The van der Waals surface area contributed by atoms with Crippen LogP contribution in [-0.4, -0.2) is 6.67 Å². The topological polar surface area (TPSA) is 63.2 Å². The summed E-state index contributed by atoms with van der Waals surface area (Å²) in [6.45, 7) is 0.517. The number of nitrogens with one attached hydrogen (secondary N) is 2. The van der Waals surface area contributed by atoms with Gasteiger partial charge < -0.3 is 9.73 Å². The number of hydrogen-bond donors (Lipinski definition) is 3. The second-order valence-electron chi connectivity index (χ2n) is 2.70. The van der Waals surface area contributed by atoms with Gasteiger partial charge in [0.05, 0.1) is 12.4 Å². The van der Waals surface area contributed by atoms with Crippen LogP contribution in [0.25, 0.3) is 11.0 Å². The third-order valence-corrected chi connectivity index (χ3v) is 1.86. The minimum atomic E-state index is 0.517. The summed E-state index contributed by atoms with van der Waals surface area (Å²) in [6.07, 6.45) is 1.68. The summed E-state index contributed by atoms with van der Waals surface area (Å²) in [6, 6.07) is 7.84. The lowest BCUT2D eigenvalue weighted by molar-refractivity contribution is 0.616. The van der Waals surface area contributed by atoms with E-state index in [0.29, 0.717) is 6.67 Å². The minimum absolute atomic E-state index is 0.517. The highest BCUT2D eigenvalue weighted by atomic mass is 16.3. The largest absolute Gasteiger partial charge is 0.462 e. The molecule has 1 heterocycles. The molecule has 68 valence electrons. The maximum absolute atomic E-state index is 5.31. The number of hydrogen-bond acceptors (Lipinski definition) is 4.